The molecule has 1 aliphatic heterocycles. The second-order valence-electron chi connectivity index (χ2n) is 8.95. The van der Waals surface area contributed by atoms with Crippen molar-refractivity contribution in [1.29, 1.82) is 0 Å². The van der Waals surface area contributed by atoms with Gasteiger partial charge in [0.2, 0.25) is 11.8 Å². The molecule has 1 saturated heterocycles. The predicted octanol–water partition coefficient (Wildman–Crippen LogP) is 3.06. The summed E-state index contributed by atoms with van der Waals surface area (Å²) in [5.74, 6) is -1.31. The van der Waals surface area contributed by atoms with Crippen LogP contribution in [0.3, 0.4) is 0 Å². The molecule has 1 fully saturated rings. The number of esters is 1. The third-order valence-electron chi connectivity index (χ3n) is 6.50. The highest BCUT2D eigenvalue weighted by Gasteiger charge is 2.34. The zero-order valence-electron chi connectivity index (χ0n) is 20.3. The van der Waals surface area contributed by atoms with Crippen molar-refractivity contribution in [2.75, 3.05) is 13.7 Å². The first-order valence-corrected chi connectivity index (χ1v) is 12.1. The lowest BCUT2D eigenvalue weighted by Crippen LogP contribution is -2.47. The fourth-order valence-electron chi connectivity index (χ4n) is 4.55. The summed E-state index contributed by atoms with van der Waals surface area (Å²) in [7, 11) is 1.38. The van der Waals surface area contributed by atoms with Crippen molar-refractivity contribution >= 4 is 17.8 Å². The zero-order valence-corrected chi connectivity index (χ0v) is 20.3. The number of benzene rings is 2. The van der Waals surface area contributed by atoms with Crippen molar-refractivity contribution in [3.63, 3.8) is 0 Å². The largest absolute Gasteiger partial charge is 0.469 e. The summed E-state index contributed by atoms with van der Waals surface area (Å²) in [4.78, 5) is 39.2. The Hall–Kier alpha value is -3.26. The molecule has 7 nitrogen and oxygen atoms in total. The van der Waals surface area contributed by atoms with Crippen LogP contribution in [0.5, 0.6) is 0 Å². The summed E-state index contributed by atoms with van der Waals surface area (Å²) in [5, 5.41) is 2.92. The molecule has 0 bridgehead atoms. The molecule has 0 radical (unpaired) electrons. The van der Waals surface area contributed by atoms with Crippen molar-refractivity contribution in [1.82, 2.24) is 10.2 Å². The van der Waals surface area contributed by atoms with E-state index < -0.39 is 12.1 Å². The molecular formula is C27H34FN3O4. The lowest BCUT2D eigenvalue weighted by molar-refractivity contribution is -0.142. The molecule has 0 spiro atoms. The van der Waals surface area contributed by atoms with Gasteiger partial charge in [-0.1, -0.05) is 49.4 Å². The molecule has 3 N–H and O–H groups in total. The highest BCUT2D eigenvalue weighted by atomic mass is 19.1. The van der Waals surface area contributed by atoms with Crippen molar-refractivity contribution < 1.29 is 23.5 Å². The zero-order chi connectivity index (χ0) is 25.4. The van der Waals surface area contributed by atoms with Gasteiger partial charge in [0.1, 0.15) is 11.9 Å². The Bertz CT molecular complexity index is 1030. The number of amides is 2. The van der Waals surface area contributed by atoms with Crippen molar-refractivity contribution in [2.45, 2.75) is 63.6 Å². The maximum atomic E-state index is 13.9. The van der Waals surface area contributed by atoms with Crippen LogP contribution in [0, 0.1) is 5.82 Å². The molecule has 0 aromatic heterocycles. The van der Waals surface area contributed by atoms with Crippen LogP contribution in [0.2, 0.25) is 0 Å². The molecule has 188 valence electrons. The number of ether oxygens (including phenoxy) is 1. The molecule has 1 unspecified atom stereocenters. The van der Waals surface area contributed by atoms with Gasteiger partial charge in [-0.2, -0.15) is 0 Å². The molecule has 1 aliphatic rings. The Kier molecular flexibility index (Phi) is 9.37. The van der Waals surface area contributed by atoms with Crippen molar-refractivity contribution in [3.8, 4) is 0 Å². The van der Waals surface area contributed by atoms with Gasteiger partial charge in [-0.15, -0.1) is 0 Å². The number of nitrogens with two attached hydrogens (primary N) is 1. The highest BCUT2D eigenvalue weighted by Crippen LogP contribution is 2.22. The van der Waals surface area contributed by atoms with Gasteiger partial charge in [0.25, 0.3) is 0 Å². The van der Waals surface area contributed by atoms with Gasteiger partial charge >= 0.3 is 5.97 Å². The van der Waals surface area contributed by atoms with Gasteiger partial charge in [0.05, 0.1) is 13.0 Å². The Morgan fingerprint density at radius 2 is 1.89 bits per heavy atom. The minimum atomic E-state index is -0.536. The molecule has 2 amide bonds. The van der Waals surface area contributed by atoms with E-state index in [2.05, 4.69) is 5.32 Å². The van der Waals surface area contributed by atoms with Crippen molar-refractivity contribution in [2.24, 2.45) is 5.73 Å². The number of hydrogen-bond donors (Lipinski definition) is 2. The minimum Gasteiger partial charge on any atom is -0.469 e. The summed E-state index contributed by atoms with van der Waals surface area (Å²) < 4.78 is 18.7. The number of methoxy groups -OCH3 is 1. The van der Waals surface area contributed by atoms with Crippen LogP contribution in [-0.2, 0) is 32.1 Å². The predicted molar refractivity (Wildman–Crippen MR) is 131 cm³/mol. The lowest BCUT2D eigenvalue weighted by atomic mass is 9.95. The Morgan fingerprint density at radius 3 is 2.54 bits per heavy atom. The molecule has 2 aromatic rings. The average Bonchev–Trinajstić information content (AvgIpc) is 3.35. The first-order chi connectivity index (χ1) is 16.8. The lowest BCUT2D eigenvalue weighted by Gasteiger charge is -2.25. The highest BCUT2D eigenvalue weighted by molar-refractivity contribution is 5.88. The summed E-state index contributed by atoms with van der Waals surface area (Å²) in [6.45, 7) is 2.75. The minimum absolute atomic E-state index is 0.0539. The second-order valence-corrected chi connectivity index (χ2v) is 8.95. The third kappa shape index (κ3) is 6.88. The molecule has 3 atom stereocenters. The number of nitrogens with one attached hydrogen (secondary N) is 1. The van der Waals surface area contributed by atoms with E-state index in [-0.39, 0.29) is 42.4 Å². The number of likely N-dealkylation sites (tertiary alicyclic amines) is 1. The van der Waals surface area contributed by atoms with E-state index in [0.29, 0.717) is 31.5 Å². The Morgan fingerprint density at radius 1 is 1.17 bits per heavy atom. The fraction of sp³-hybridized carbons (Fsp3) is 0.444. The van der Waals surface area contributed by atoms with Crippen LogP contribution < -0.4 is 11.1 Å². The first kappa shape index (κ1) is 26.3. The van der Waals surface area contributed by atoms with Crippen LogP contribution >= 0.6 is 0 Å². The van der Waals surface area contributed by atoms with E-state index in [1.165, 1.54) is 13.2 Å². The van der Waals surface area contributed by atoms with Crippen molar-refractivity contribution in [3.05, 3.63) is 71.0 Å². The number of rotatable bonds is 10. The summed E-state index contributed by atoms with van der Waals surface area (Å²) >= 11 is 0. The van der Waals surface area contributed by atoms with Gasteiger partial charge in [-0.3, -0.25) is 14.4 Å². The number of carbonyl (C=O) groups is 3. The standard InChI is InChI=1S/C27H34FN3O4/c1-3-22(27(34)35-2)19-12-10-18(11-13-19)17-30-26(33)24-9-6-14-31(24)25(32)16-21(29)15-20-7-4-5-8-23(20)28/h4-5,7-8,10-13,21-22,24H,3,6,9,14-17,29H2,1-2H3,(H,30,33)/t21-,22?,24+/m1/s1. The molecule has 35 heavy (non-hydrogen) atoms. The monoisotopic (exact) mass is 483 g/mol. The molecule has 2 aromatic carbocycles. The summed E-state index contributed by atoms with van der Waals surface area (Å²) in [5.41, 5.74) is 8.37. The van der Waals surface area contributed by atoms with Gasteiger partial charge in [0.15, 0.2) is 0 Å². The van der Waals surface area contributed by atoms with Gasteiger partial charge in [-0.05, 0) is 48.4 Å². The molecular weight excluding hydrogens is 449 g/mol. The Balaban J connectivity index is 1.53. The average molecular weight is 484 g/mol. The van der Waals surface area contributed by atoms with Crippen LogP contribution in [0.25, 0.3) is 0 Å². The smallest absolute Gasteiger partial charge is 0.313 e. The van der Waals surface area contributed by atoms with Crippen LogP contribution in [0.15, 0.2) is 48.5 Å². The first-order valence-electron chi connectivity index (χ1n) is 12.1. The van der Waals surface area contributed by atoms with E-state index in [4.69, 9.17) is 10.5 Å². The molecule has 1 heterocycles. The van der Waals surface area contributed by atoms with Gasteiger partial charge in [-0.25, -0.2) is 4.39 Å². The van der Waals surface area contributed by atoms with E-state index >= 15 is 0 Å². The normalized spacial score (nSPS) is 17.0. The van der Waals surface area contributed by atoms with E-state index in [1.54, 1.807) is 23.1 Å². The maximum Gasteiger partial charge on any atom is 0.313 e. The van der Waals surface area contributed by atoms with E-state index in [0.717, 1.165) is 17.5 Å². The molecule has 3 rings (SSSR count). The maximum absolute atomic E-state index is 13.9. The van der Waals surface area contributed by atoms with Gasteiger partial charge in [0, 0.05) is 25.6 Å². The molecule has 8 heteroatoms. The van der Waals surface area contributed by atoms with Gasteiger partial charge < -0.3 is 20.7 Å². The topological polar surface area (TPSA) is 102 Å². The van der Waals surface area contributed by atoms with E-state index in [9.17, 15) is 18.8 Å². The summed E-state index contributed by atoms with van der Waals surface area (Å²) in [6, 6.07) is 12.8. The SMILES string of the molecule is CCC(C(=O)OC)c1ccc(CNC(=O)[C@@H]2CCCN2C(=O)C[C@H](N)Cc2ccccc2F)cc1. The fourth-order valence-corrected chi connectivity index (χ4v) is 4.55. The van der Waals surface area contributed by atoms with Crippen LogP contribution in [-0.4, -0.2) is 48.4 Å². The third-order valence-corrected chi connectivity index (χ3v) is 6.50. The number of nitrogens with zero attached hydrogens (tertiary/aromatic N) is 1. The Labute approximate surface area is 205 Å². The summed E-state index contributed by atoms with van der Waals surface area (Å²) in [6.07, 6.45) is 2.29. The number of halogens is 1. The quantitative estimate of drug-likeness (QED) is 0.506. The van der Waals surface area contributed by atoms with E-state index in [1.807, 2.05) is 31.2 Å². The van der Waals surface area contributed by atoms with Crippen LogP contribution in [0.1, 0.15) is 55.2 Å². The molecule has 0 saturated carbocycles. The van der Waals surface area contributed by atoms with Crippen LogP contribution in [0.4, 0.5) is 4.39 Å². The number of carbonyl (C=O) groups excluding carboxylic acids is 3. The number of hydrogen-bond acceptors (Lipinski definition) is 5. The second kappa shape index (κ2) is 12.4. The molecule has 0 aliphatic carbocycles.